The predicted molar refractivity (Wildman–Crippen MR) is 170 cm³/mol. The van der Waals surface area contributed by atoms with Crippen LogP contribution in [0.2, 0.25) is 0 Å². The molecule has 0 spiro atoms. The number of aromatic nitrogens is 1. The van der Waals surface area contributed by atoms with Gasteiger partial charge in [0.1, 0.15) is 0 Å². The van der Waals surface area contributed by atoms with E-state index in [1.165, 1.54) is 24.8 Å². The van der Waals surface area contributed by atoms with Crippen LogP contribution in [0.4, 0.5) is 0 Å². The third-order valence-corrected chi connectivity index (χ3v) is 8.65. The molecule has 0 aliphatic heterocycles. The first-order valence-electron chi connectivity index (χ1n) is 15.6. The number of fused-ring (bicyclic) bond motifs is 1. The highest BCUT2D eigenvalue weighted by Crippen LogP contribution is 2.39. The van der Waals surface area contributed by atoms with E-state index in [4.69, 9.17) is 0 Å². The fourth-order valence-corrected chi connectivity index (χ4v) is 6.71. The Kier molecular flexibility index (Phi) is 10.1. The van der Waals surface area contributed by atoms with Crippen molar-refractivity contribution in [3.8, 4) is 0 Å². The van der Waals surface area contributed by atoms with Crippen molar-refractivity contribution in [1.29, 1.82) is 0 Å². The van der Waals surface area contributed by atoms with Crippen LogP contribution >= 0.6 is 0 Å². The summed E-state index contributed by atoms with van der Waals surface area (Å²) in [6.45, 7) is 13.4. The molecule has 1 aliphatic rings. The first-order chi connectivity index (χ1) is 19.6. The highest BCUT2D eigenvalue weighted by atomic mass is 16.4. The van der Waals surface area contributed by atoms with E-state index >= 15 is 0 Å². The average molecular weight is 557 g/mol. The number of carboxylic acids is 1. The molecule has 0 atom stereocenters. The molecule has 41 heavy (non-hydrogen) atoms. The molecule has 0 saturated heterocycles. The maximum atomic E-state index is 14.0. The summed E-state index contributed by atoms with van der Waals surface area (Å²) >= 11 is 0. The highest BCUT2D eigenvalue weighted by Gasteiger charge is 2.26. The van der Waals surface area contributed by atoms with Crippen LogP contribution < -0.4 is 0 Å². The van der Waals surface area contributed by atoms with Crippen molar-refractivity contribution < 1.29 is 14.7 Å². The minimum atomic E-state index is -0.897. The van der Waals surface area contributed by atoms with Crippen LogP contribution in [0.25, 0.3) is 22.6 Å². The Morgan fingerprint density at radius 3 is 2.32 bits per heavy atom. The van der Waals surface area contributed by atoms with Gasteiger partial charge in [-0.05, 0) is 100 Å². The molecule has 1 N–H and O–H groups in total. The molecule has 220 valence electrons. The maximum absolute atomic E-state index is 14.0. The first-order valence-corrected chi connectivity index (χ1v) is 15.6. The molecular weight excluding hydrogens is 508 g/mol. The molecule has 2 aromatic carbocycles. The number of carbonyl (C=O) groups is 2. The number of hydrogen-bond acceptors (Lipinski definition) is 2. The molecule has 5 heteroatoms. The number of carboxylic acid groups (broad SMARTS) is 1. The van der Waals surface area contributed by atoms with Gasteiger partial charge in [0.15, 0.2) is 0 Å². The van der Waals surface area contributed by atoms with Crippen molar-refractivity contribution >= 4 is 34.4 Å². The van der Waals surface area contributed by atoms with Gasteiger partial charge >= 0.3 is 5.97 Å². The molecule has 1 fully saturated rings. The molecule has 1 aliphatic carbocycles. The van der Waals surface area contributed by atoms with Crippen LogP contribution in [-0.2, 0) is 6.54 Å². The summed E-state index contributed by atoms with van der Waals surface area (Å²) in [4.78, 5) is 27.6. The van der Waals surface area contributed by atoms with Crippen molar-refractivity contribution in [2.75, 3.05) is 0 Å². The van der Waals surface area contributed by atoms with E-state index in [0.29, 0.717) is 11.5 Å². The van der Waals surface area contributed by atoms with Crippen molar-refractivity contribution in [3.05, 3.63) is 70.4 Å². The predicted octanol–water partition coefficient (Wildman–Crippen LogP) is 9.22. The molecule has 0 radical (unpaired) electrons. The van der Waals surface area contributed by atoms with E-state index in [0.717, 1.165) is 71.8 Å². The number of aryl methyl sites for hydroxylation is 2. The summed E-state index contributed by atoms with van der Waals surface area (Å²) in [5.74, 6) is -0.384. The molecule has 0 unspecified atom stereocenters. The summed E-state index contributed by atoms with van der Waals surface area (Å²) in [6, 6.07) is 12.1. The Labute approximate surface area is 246 Å². The van der Waals surface area contributed by atoms with E-state index < -0.39 is 5.97 Å². The second-order valence-corrected chi connectivity index (χ2v) is 12.4. The summed E-state index contributed by atoms with van der Waals surface area (Å²) in [5, 5.41) is 10.6. The number of aromatic carboxylic acids is 1. The SMILES string of the molecule is CCCCCn1cc(C(=O)N(C(C)C)C(C)C)c2cccc(/C=C(/c3ccc(C(=O)O)cc3C)C3CCCCC3)c21. The number of para-hydroxylation sites is 1. The average Bonchev–Trinajstić information content (AvgIpc) is 3.31. The van der Waals surface area contributed by atoms with Crippen LogP contribution in [0, 0.1) is 12.8 Å². The lowest BCUT2D eigenvalue weighted by atomic mass is 9.79. The Morgan fingerprint density at radius 1 is 1.00 bits per heavy atom. The number of benzene rings is 2. The van der Waals surface area contributed by atoms with E-state index in [2.05, 4.69) is 69.7 Å². The van der Waals surface area contributed by atoms with Gasteiger partial charge in [0, 0.05) is 30.2 Å². The van der Waals surface area contributed by atoms with Crippen LogP contribution in [0.15, 0.2) is 42.6 Å². The van der Waals surface area contributed by atoms with Crippen molar-refractivity contribution in [2.24, 2.45) is 5.92 Å². The second kappa shape index (κ2) is 13.5. The first kappa shape index (κ1) is 30.6. The zero-order valence-electron chi connectivity index (χ0n) is 25.9. The van der Waals surface area contributed by atoms with Crippen molar-refractivity contribution in [2.45, 2.75) is 112 Å². The zero-order valence-corrected chi connectivity index (χ0v) is 25.9. The molecule has 5 nitrogen and oxygen atoms in total. The smallest absolute Gasteiger partial charge is 0.335 e. The quantitative estimate of drug-likeness (QED) is 0.189. The molecule has 1 heterocycles. The lowest BCUT2D eigenvalue weighted by Crippen LogP contribution is -2.42. The minimum Gasteiger partial charge on any atom is -0.478 e. The van der Waals surface area contributed by atoms with Crippen molar-refractivity contribution in [1.82, 2.24) is 9.47 Å². The number of nitrogens with zero attached hydrogens (tertiary/aromatic N) is 2. The second-order valence-electron chi connectivity index (χ2n) is 12.4. The van der Waals surface area contributed by atoms with E-state index in [1.54, 1.807) is 12.1 Å². The molecule has 4 rings (SSSR count). The van der Waals surface area contributed by atoms with Crippen LogP contribution in [0.3, 0.4) is 0 Å². The summed E-state index contributed by atoms with van der Waals surface area (Å²) in [5.41, 5.74) is 6.75. The van der Waals surface area contributed by atoms with Gasteiger partial charge in [-0.15, -0.1) is 0 Å². The van der Waals surface area contributed by atoms with Gasteiger partial charge in [0.05, 0.1) is 16.6 Å². The third-order valence-electron chi connectivity index (χ3n) is 8.65. The topological polar surface area (TPSA) is 62.5 Å². The molecule has 0 bridgehead atoms. The van der Waals surface area contributed by atoms with Gasteiger partial charge in [-0.1, -0.05) is 63.3 Å². The number of hydrogen-bond donors (Lipinski definition) is 1. The fourth-order valence-electron chi connectivity index (χ4n) is 6.71. The Bertz CT molecular complexity index is 1400. The normalized spacial score (nSPS) is 14.8. The van der Waals surface area contributed by atoms with Gasteiger partial charge in [-0.25, -0.2) is 4.79 Å². The standard InChI is InChI=1S/C36H48N2O3/c1-7-8-12-20-37-23-33(35(39)38(24(2)3)25(4)5)31-17-13-16-28(34(31)37)22-32(27-14-10-9-11-15-27)30-19-18-29(36(40)41)21-26(30)6/h13,16-19,21-25,27H,7-12,14-15,20H2,1-6H3,(H,40,41)/b32-22+. The van der Waals surface area contributed by atoms with E-state index in [-0.39, 0.29) is 18.0 Å². The Morgan fingerprint density at radius 2 is 1.71 bits per heavy atom. The van der Waals surface area contributed by atoms with Gasteiger partial charge in [-0.3, -0.25) is 4.79 Å². The van der Waals surface area contributed by atoms with Crippen LogP contribution in [0.1, 0.15) is 123 Å². The lowest BCUT2D eigenvalue weighted by molar-refractivity contribution is 0.0643. The summed E-state index contributed by atoms with van der Waals surface area (Å²) < 4.78 is 2.31. The Balaban J connectivity index is 1.92. The third kappa shape index (κ3) is 6.77. The largest absolute Gasteiger partial charge is 0.478 e. The minimum absolute atomic E-state index is 0.0861. The summed E-state index contributed by atoms with van der Waals surface area (Å²) in [7, 11) is 0. The molecular formula is C36H48N2O3. The van der Waals surface area contributed by atoms with Crippen LogP contribution in [-0.4, -0.2) is 38.5 Å². The monoisotopic (exact) mass is 556 g/mol. The van der Waals surface area contributed by atoms with Gasteiger partial charge in [0.2, 0.25) is 0 Å². The van der Waals surface area contributed by atoms with E-state index in [1.807, 2.05) is 17.9 Å². The lowest BCUT2D eigenvalue weighted by Gasteiger charge is -2.30. The highest BCUT2D eigenvalue weighted by molar-refractivity contribution is 6.09. The number of rotatable bonds is 11. The summed E-state index contributed by atoms with van der Waals surface area (Å²) in [6.07, 6.45) is 13.8. The Hall–Kier alpha value is -3.34. The van der Waals surface area contributed by atoms with Crippen LogP contribution in [0.5, 0.6) is 0 Å². The van der Waals surface area contributed by atoms with Gasteiger partial charge in [0.25, 0.3) is 5.91 Å². The number of unbranched alkanes of at least 4 members (excludes halogenated alkanes) is 2. The molecule has 1 amide bonds. The fraction of sp³-hybridized carbons (Fsp3) is 0.500. The maximum Gasteiger partial charge on any atom is 0.335 e. The number of allylic oxidation sites excluding steroid dienone is 1. The van der Waals surface area contributed by atoms with Gasteiger partial charge < -0.3 is 14.6 Å². The molecule has 1 saturated carbocycles. The van der Waals surface area contributed by atoms with Crippen molar-refractivity contribution in [3.63, 3.8) is 0 Å². The molecule has 1 aromatic heterocycles. The zero-order chi connectivity index (χ0) is 29.7. The number of carbonyl (C=O) groups excluding carboxylic acids is 1. The number of amides is 1. The van der Waals surface area contributed by atoms with Gasteiger partial charge in [-0.2, -0.15) is 0 Å². The van der Waals surface area contributed by atoms with E-state index in [9.17, 15) is 14.7 Å². The molecule has 3 aromatic rings.